The Labute approximate surface area is 428 Å². The van der Waals surface area contributed by atoms with Crippen molar-refractivity contribution in [3.8, 4) is 0 Å². The molecule has 0 bridgehead atoms. The van der Waals surface area contributed by atoms with Gasteiger partial charge in [-0.2, -0.15) is 0 Å². The predicted octanol–water partition coefficient (Wildman–Crippen LogP) is 14.9. The largest absolute Gasteiger partial charge is 0.508 e. The topological polar surface area (TPSA) is 157 Å². The molecule has 5 unspecified atom stereocenters. The van der Waals surface area contributed by atoms with Gasteiger partial charge in [0.2, 0.25) is 7.59 Å². The van der Waals surface area contributed by atoms with E-state index in [1.807, 2.05) is 65.2 Å². The molecule has 1 aromatic rings. The van der Waals surface area contributed by atoms with Crippen LogP contribution in [0, 0.1) is 17.3 Å². The summed E-state index contributed by atoms with van der Waals surface area (Å²) >= 11 is 35.8. The summed E-state index contributed by atoms with van der Waals surface area (Å²) in [5.41, 5.74) is 1.38. The van der Waals surface area contributed by atoms with Crippen molar-refractivity contribution in [1.82, 2.24) is 4.98 Å². The number of alkyl halides is 6. The SMILES string of the molecule is CC[Si](CC)(CC)OC(C/C=C(C)/C=C/CC(C)C(OC(=O)OCC(Cl)(Cl)Cl)C(C)C(=O)C(C)(C)C(CC(=O)O)O[Si](CC)(CC)CC)/C(C)=C/c1csc(COC(=O)OCC(Cl)(Cl)Cl)n1. The number of hydrogen-bond donors (Lipinski definition) is 1. The number of hydrogen-bond acceptors (Lipinski definition) is 12. The number of ketones is 1. The van der Waals surface area contributed by atoms with Gasteiger partial charge >= 0.3 is 18.3 Å². The highest BCUT2D eigenvalue weighted by molar-refractivity contribution is 7.09. The molecule has 0 aliphatic rings. The molecule has 378 valence electrons. The minimum Gasteiger partial charge on any atom is -0.481 e. The number of carbonyl (C=O) groups is 4. The number of carboxylic acid groups (broad SMARTS) is 1. The second-order valence-corrected chi connectivity index (χ2v) is 32.6. The van der Waals surface area contributed by atoms with E-state index in [1.165, 1.54) is 11.3 Å². The number of nitrogens with zero attached hydrogens (tertiary/aromatic N) is 1. The van der Waals surface area contributed by atoms with Crippen LogP contribution in [-0.4, -0.2) is 89.9 Å². The van der Waals surface area contributed by atoms with E-state index in [4.69, 9.17) is 97.4 Å². The number of aromatic nitrogens is 1. The first-order valence-corrected chi connectivity index (χ1v) is 30.6. The Kier molecular flexibility index (Phi) is 27.6. The average molecular weight is 1100 g/mol. The molecule has 0 spiro atoms. The van der Waals surface area contributed by atoms with Crippen LogP contribution in [0.3, 0.4) is 0 Å². The van der Waals surface area contributed by atoms with Crippen LogP contribution in [0.15, 0.2) is 34.8 Å². The van der Waals surface area contributed by atoms with Crippen LogP contribution in [0.2, 0.25) is 36.3 Å². The number of ether oxygens (including phenoxy) is 4. The van der Waals surface area contributed by atoms with Crippen molar-refractivity contribution in [2.75, 3.05) is 13.2 Å². The lowest BCUT2D eigenvalue weighted by Crippen LogP contribution is -2.51. The van der Waals surface area contributed by atoms with Gasteiger partial charge in [-0.15, -0.1) is 11.3 Å². The van der Waals surface area contributed by atoms with E-state index >= 15 is 0 Å². The molecule has 21 heteroatoms. The summed E-state index contributed by atoms with van der Waals surface area (Å²) in [6.07, 6.45) is 4.41. The maximum Gasteiger partial charge on any atom is 0.508 e. The molecular formula is C45H71Cl6NO11SSi2. The molecule has 1 heterocycles. The van der Waals surface area contributed by atoms with Gasteiger partial charge in [0.15, 0.2) is 16.6 Å². The smallest absolute Gasteiger partial charge is 0.481 e. The molecule has 12 nitrogen and oxygen atoms in total. The van der Waals surface area contributed by atoms with Crippen molar-refractivity contribution in [2.45, 2.75) is 171 Å². The monoisotopic (exact) mass is 1100 g/mol. The molecule has 0 aliphatic heterocycles. The molecule has 0 aliphatic carbocycles. The molecule has 0 radical (unpaired) electrons. The number of halogens is 6. The minimum absolute atomic E-state index is 0.108. The van der Waals surface area contributed by atoms with E-state index in [2.05, 4.69) is 31.8 Å². The Morgan fingerprint density at radius 3 is 1.80 bits per heavy atom. The summed E-state index contributed by atoms with van der Waals surface area (Å²) in [5, 5.41) is 12.4. The van der Waals surface area contributed by atoms with Gasteiger partial charge in [-0.05, 0) is 80.5 Å². The predicted molar refractivity (Wildman–Crippen MR) is 274 cm³/mol. The standard InChI is InChI=1S/C45H71Cl6NO11SSi2/c1-13-65(14-2,15-3)62-35(32(9)24-34-27-64-37(52-34)26-58-41(56)59-28-44(46,47)48)23-22-30(7)20-19-21-31(8)39(61-42(57)60-29-45(49,50)51)33(10)40(55)43(11,12)36(25-38(53)54)63-66(16-4,17-5)18-6/h19-20,22,24,27,31,33,35-36,39H,13-18,21,23,25-26,28-29H2,1-12H3,(H,53,54)/b20-19+,30-22+,32-24+. The summed E-state index contributed by atoms with van der Waals surface area (Å²) in [6, 6.07) is 5.19. The second-order valence-electron chi connectivity index (χ2n) is 17.2. The number of aliphatic carboxylic acids is 1. The van der Waals surface area contributed by atoms with Crippen LogP contribution < -0.4 is 0 Å². The third kappa shape index (κ3) is 22.1. The summed E-state index contributed by atoms with van der Waals surface area (Å²) in [5.74, 6) is -2.70. The van der Waals surface area contributed by atoms with Crippen LogP contribution in [0.5, 0.6) is 0 Å². The van der Waals surface area contributed by atoms with Gasteiger partial charge in [0, 0.05) is 10.8 Å². The first-order chi connectivity index (χ1) is 30.5. The first-order valence-electron chi connectivity index (χ1n) is 22.4. The van der Waals surface area contributed by atoms with Gasteiger partial charge in [0.25, 0.3) is 0 Å². The number of rotatable bonds is 29. The molecule has 5 atom stereocenters. The van der Waals surface area contributed by atoms with Gasteiger partial charge in [0.05, 0.1) is 30.2 Å². The van der Waals surface area contributed by atoms with Gasteiger partial charge in [-0.1, -0.05) is 163 Å². The Morgan fingerprint density at radius 2 is 1.30 bits per heavy atom. The number of allylic oxidation sites excluding steroid dienone is 3. The van der Waals surface area contributed by atoms with Crippen molar-refractivity contribution in [1.29, 1.82) is 0 Å². The van der Waals surface area contributed by atoms with Crippen molar-refractivity contribution in [3.05, 3.63) is 45.5 Å². The Bertz CT molecular complexity index is 1780. The zero-order valence-electron chi connectivity index (χ0n) is 40.4. The van der Waals surface area contributed by atoms with Gasteiger partial charge in [-0.25, -0.2) is 14.6 Å². The van der Waals surface area contributed by atoms with Gasteiger partial charge in [0.1, 0.15) is 36.7 Å². The van der Waals surface area contributed by atoms with Crippen LogP contribution >= 0.6 is 80.9 Å². The van der Waals surface area contributed by atoms with Crippen LogP contribution in [0.1, 0.15) is 113 Å². The van der Waals surface area contributed by atoms with Gasteiger partial charge < -0.3 is 32.9 Å². The fourth-order valence-electron chi connectivity index (χ4n) is 7.48. The summed E-state index contributed by atoms with van der Waals surface area (Å²) < 4.78 is 31.0. The molecule has 0 aromatic carbocycles. The maximum atomic E-state index is 14.5. The quantitative estimate of drug-likeness (QED) is 0.0351. The third-order valence-electron chi connectivity index (χ3n) is 12.2. The number of carbonyl (C=O) groups excluding carboxylic acids is 3. The van der Waals surface area contributed by atoms with Crippen molar-refractivity contribution >= 4 is 128 Å². The number of thiazole rings is 1. The average Bonchev–Trinajstić information content (AvgIpc) is 3.70. The number of Topliss-reactive ketones (excluding diaryl/α,β-unsaturated/α-hetero) is 1. The Balaban J connectivity index is 3.43. The zero-order valence-corrected chi connectivity index (χ0v) is 47.8. The van der Waals surface area contributed by atoms with Crippen molar-refractivity contribution in [3.63, 3.8) is 0 Å². The second kappa shape index (κ2) is 29.1. The van der Waals surface area contributed by atoms with E-state index in [9.17, 15) is 24.3 Å². The molecule has 0 saturated carbocycles. The highest BCUT2D eigenvalue weighted by atomic mass is 35.6. The highest BCUT2D eigenvalue weighted by Crippen LogP contribution is 2.38. The number of carboxylic acids is 1. The molecule has 66 heavy (non-hydrogen) atoms. The molecule has 0 saturated heterocycles. The lowest BCUT2D eigenvalue weighted by Gasteiger charge is -2.42. The molecule has 0 fully saturated rings. The van der Waals surface area contributed by atoms with E-state index in [-0.39, 0.29) is 24.9 Å². The molecular weight excluding hydrogens is 1030 g/mol. The van der Waals surface area contributed by atoms with Crippen LogP contribution in [0.25, 0.3) is 6.08 Å². The lowest BCUT2D eigenvalue weighted by atomic mass is 9.73. The summed E-state index contributed by atoms with van der Waals surface area (Å²) in [4.78, 5) is 56.3. The van der Waals surface area contributed by atoms with E-state index in [0.29, 0.717) is 23.5 Å². The summed E-state index contributed by atoms with van der Waals surface area (Å²) in [6.45, 7) is 22.4. The molecule has 1 aromatic heterocycles. The maximum absolute atomic E-state index is 14.5. The van der Waals surface area contributed by atoms with E-state index < -0.39 is 85.2 Å². The van der Waals surface area contributed by atoms with Crippen molar-refractivity contribution < 1.29 is 52.1 Å². The summed E-state index contributed by atoms with van der Waals surface area (Å²) in [7, 11) is -4.41. The minimum atomic E-state index is -2.35. The zero-order chi connectivity index (χ0) is 50.7. The first kappa shape index (κ1) is 62.6. The van der Waals surface area contributed by atoms with Crippen LogP contribution in [-0.2, 0) is 44.0 Å². The van der Waals surface area contributed by atoms with Crippen LogP contribution in [0.4, 0.5) is 9.59 Å². The Morgan fingerprint density at radius 1 is 0.788 bits per heavy atom. The molecule has 0 amide bonds. The lowest BCUT2D eigenvalue weighted by molar-refractivity contribution is -0.147. The third-order valence-corrected chi connectivity index (χ3v) is 23.0. The van der Waals surface area contributed by atoms with Gasteiger partial charge in [-0.3, -0.25) is 9.59 Å². The molecule has 1 rings (SSSR count). The fraction of sp³-hybridized carbons (Fsp3) is 0.711. The highest BCUT2D eigenvalue weighted by Gasteiger charge is 2.47. The van der Waals surface area contributed by atoms with E-state index in [0.717, 1.165) is 47.4 Å². The normalized spacial score (nSPS) is 15.8. The van der Waals surface area contributed by atoms with E-state index in [1.54, 1.807) is 20.8 Å². The Hall–Kier alpha value is -1.38. The van der Waals surface area contributed by atoms with Crippen molar-refractivity contribution in [2.24, 2.45) is 17.3 Å². The fourth-order valence-corrected chi connectivity index (χ4v) is 14.3. The molecule has 1 N–H and O–H groups in total.